The van der Waals surface area contributed by atoms with Gasteiger partial charge in [0.05, 0.1) is 14.2 Å². The molecule has 110 valence electrons. The zero-order valence-electron chi connectivity index (χ0n) is 11.9. The Hall–Kier alpha value is -2.20. The van der Waals surface area contributed by atoms with Crippen molar-refractivity contribution >= 4 is 17.5 Å². The van der Waals surface area contributed by atoms with E-state index in [0.717, 1.165) is 5.56 Å². The predicted molar refractivity (Wildman–Crippen MR) is 82.2 cm³/mol. The lowest BCUT2D eigenvalue weighted by molar-refractivity contribution is 0.0950. The van der Waals surface area contributed by atoms with E-state index in [0.29, 0.717) is 28.6 Å². The summed E-state index contributed by atoms with van der Waals surface area (Å²) in [5.41, 5.74) is 1.46. The van der Waals surface area contributed by atoms with Crippen molar-refractivity contribution in [2.45, 2.75) is 6.54 Å². The molecule has 0 heterocycles. The number of ether oxygens (including phenoxy) is 2. The topological polar surface area (TPSA) is 47.6 Å². The molecule has 4 nitrogen and oxygen atoms in total. The quantitative estimate of drug-likeness (QED) is 0.922. The molecule has 21 heavy (non-hydrogen) atoms. The second kappa shape index (κ2) is 6.99. The lowest BCUT2D eigenvalue weighted by Gasteiger charge is -2.09. The number of nitrogens with one attached hydrogen (secondary N) is 1. The normalized spacial score (nSPS) is 10.0. The molecule has 0 bridgehead atoms. The minimum atomic E-state index is -0.192. The van der Waals surface area contributed by atoms with Gasteiger partial charge >= 0.3 is 0 Å². The first kappa shape index (κ1) is 15.2. The number of carbonyl (C=O) groups is 1. The molecule has 0 saturated heterocycles. The van der Waals surface area contributed by atoms with Gasteiger partial charge in [0.1, 0.15) is 11.5 Å². The minimum Gasteiger partial charge on any atom is -0.497 e. The number of amides is 1. The number of rotatable bonds is 5. The molecule has 0 unspecified atom stereocenters. The first-order chi connectivity index (χ1) is 10.1. The number of carbonyl (C=O) groups excluding carboxylic acids is 1. The molecular formula is C16H16ClNO3. The van der Waals surface area contributed by atoms with Crippen LogP contribution >= 0.6 is 11.6 Å². The van der Waals surface area contributed by atoms with Crippen LogP contribution in [0.2, 0.25) is 5.02 Å². The Morgan fingerprint density at radius 1 is 1.05 bits per heavy atom. The second-order valence-corrected chi connectivity index (χ2v) is 4.85. The molecule has 0 saturated carbocycles. The minimum absolute atomic E-state index is 0.192. The van der Waals surface area contributed by atoms with Crippen LogP contribution in [0.1, 0.15) is 15.9 Å². The van der Waals surface area contributed by atoms with Crippen LogP contribution < -0.4 is 14.8 Å². The maximum atomic E-state index is 12.2. The van der Waals surface area contributed by atoms with Crippen molar-refractivity contribution < 1.29 is 14.3 Å². The average molecular weight is 306 g/mol. The van der Waals surface area contributed by atoms with Gasteiger partial charge in [-0.05, 0) is 29.8 Å². The molecule has 2 rings (SSSR count). The van der Waals surface area contributed by atoms with E-state index in [1.807, 2.05) is 12.1 Å². The summed E-state index contributed by atoms with van der Waals surface area (Å²) in [6.07, 6.45) is 0. The largest absolute Gasteiger partial charge is 0.497 e. The fourth-order valence-electron chi connectivity index (χ4n) is 1.83. The van der Waals surface area contributed by atoms with E-state index in [2.05, 4.69) is 5.32 Å². The monoisotopic (exact) mass is 305 g/mol. The van der Waals surface area contributed by atoms with E-state index >= 15 is 0 Å². The number of hydrogen-bond donors (Lipinski definition) is 1. The Labute approximate surface area is 128 Å². The summed E-state index contributed by atoms with van der Waals surface area (Å²) in [5, 5.41) is 3.51. The first-order valence-corrected chi connectivity index (χ1v) is 6.76. The van der Waals surface area contributed by atoms with Gasteiger partial charge in [0.15, 0.2) is 0 Å². The SMILES string of the molecule is COc1cc(OC)cc(C(=O)NCc2ccc(Cl)cc2)c1. The predicted octanol–water partition coefficient (Wildman–Crippen LogP) is 3.29. The van der Waals surface area contributed by atoms with Crippen molar-refractivity contribution in [3.05, 3.63) is 58.6 Å². The zero-order chi connectivity index (χ0) is 15.2. The van der Waals surface area contributed by atoms with E-state index in [-0.39, 0.29) is 5.91 Å². The molecule has 0 fully saturated rings. The van der Waals surface area contributed by atoms with Gasteiger partial charge in [0, 0.05) is 23.2 Å². The van der Waals surface area contributed by atoms with Gasteiger partial charge in [-0.15, -0.1) is 0 Å². The number of benzene rings is 2. The molecule has 2 aromatic carbocycles. The maximum absolute atomic E-state index is 12.2. The van der Waals surface area contributed by atoms with E-state index in [4.69, 9.17) is 21.1 Å². The lowest BCUT2D eigenvalue weighted by atomic mass is 10.1. The molecule has 1 amide bonds. The highest BCUT2D eigenvalue weighted by molar-refractivity contribution is 6.30. The Morgan fingerprint density at radius 2 is 1.62 bits per heavy atom. The summed E-state index contributed by atoms with van der Waals surface area (Å²) in [6, 6.07) is 12.4. The highest BCUT2D eigenvalue weighted by Gasteiger charge is 2.09. The fourth-order valence-corrected chi connectivity index (χ4v) is 1.95. The third-order valence-electron chi connectivity index (χ3n) is 2.98. The van der Waals surface area contributed by atoms with Gasteiger partial charge in [-0.2, -0.15) is 0 Å². The van der Waals surface area contributed by atoms with Crippen LogP contribution in [0.25, 0.3) is 0 Å². The van der Waals surface area contributed by atoms with E-state index in [1.54, 1.807) is 44.6 Å². The highest BCUT2D eigenvalue weighted by atomic mass is 35.5. The van der Waals surface area contributed by atoms with Gasteiger partial charge in [0.2, 0.25) is 0 Å². The van der Waals surface area contributed by atoms with Crippen LogP contribution in [-0.4, -0.2) is 20.1 Å². The smallest absolute Gasteiger partial charge is 0.251 e. The maximum Gasteiger partial charge on any atom is 0.251 e. The molecule has 0 radical (unpaired) electrons. The van der Waals surface area contributed by atoms with Gasteiger partial charge in [-0.1, -0.05) is 23.7 Å². The molecule has 5 heteroatoms. The average Bonchev–Trinajstić information content (AvgIpc) is 2.53. The molecule has 0 aliphatic rings. The van der Waals surface area contributed by atoms with Crippen molar-refractivity contribution in [1.29, 1.82) is 0 Å². The van der Waals surface area contributed by atoms with E-state index in [1.165, 1.54) is 0 Å². The van der Waals surface area contributed by atoms with Crippen molar-refractivity contribution in [2.75, 3.05) is 14.2 Å². The molecule has 0 atom stereocenters. The van der Waals surface area contributed by atoms with Crippen LogP contribution in [0.4, 0.5) is 0 Å². The number of halogens is 1. The van der Waals surface area contributed by atoms with Crippen molar-refractivity contribution in [3.63, 3.8) is 0 Å². The van der Waals surface area contributed by atoms with Crippen LogP contribution in [0, 0.1) is 0 Å². The molecular weight excluding hydrogens is 290 g/mol. The summed E-state index contributed by atoms with van der Waals surface area (Å²) in [7, 11) is 3.09. The van der Waals surface area contributed by atoms with Crippen LogP contribution in [0.3, 0.4) is 0 Å². The molecule has 2 aromatic rings. The van der Waals surface area contributed by atoms with E-state index in [9.17, 15) is 4.79 Å². The fraction of sp³-hybridized carbons (Fsp3) is 0.188. The van der Waals surface area contributed by atoms with Gasteiger partial charge in [-0.25, -0.2) is 0 Å². The van der Waals surface area contributed by atoms with Crippen molar-refractivity contribution in [3.8, 4) is 11.5 Å². The molecule has 0 aliphatic carbocycles. The van der Waals surface area contributed by atoms with Crippen molar-refractivity contribution in [1.82, 2.24) is 5.32 Å². The third-order valence-corrected chi connectivity index (χ3v) is 3.23. The van der Waals surface area contributed by atoms with Crippen molar-refractivity contribution in [2.24, 2.45) is 0 Å². The molecule has 1 N–H and O–H groups in total. The summed E-state index contributed by atoms with van der Waals surface area (Å²) in [4.78, 5) is 12.2. The van der Waals surface area contributed by atoms with Gasteiger partial charge in [0.25, 0.3) is 5.91 Å². The van der Waals surface area contributed by atoms with Gasteiger partial charge in [-0.3, -0.25) is 4.79 Å². The van der Waals surface area contributed by atoms with Crippen LogP contribution in [0.5, 0.6) is 11.5 Å². The van der Waals surface area contributed by atoms with Crippen LogP contribution in [-0.2, 0) is 6.54 Å². The standard InChI is InChI=1S/C16H16ClNO3/c1-20-14-7-12(8-15(9-14)21-2)16(19)18-10-11-3-5-13(17)6-4-11/h3-9H,10H2,1-2H3,(H,18,19). The number of hydrogen-bond acceptors (Lipinski definition) is 3. The number of methoxy groups -OCH3 is 2. The summed E-state index contributed by atoms with van der Waals surface area (Å²) < 4.78 is 10.3. The highest BCUT2D eigenvalue weighted by Crippen LogP contribution is 2.22. The van der Waals surface area contributed by atoms with Crippen LogP contribution in [0.15, 0.2) is 42.5 Å². The Bertz CT molecular complexity index is 604. The Balaban J connectivity index is 2.07. The van der Waals surface area contributed by atoms with Gasteiger partial charge < -0.3 is 14.8 Å². The zero-order valence-corrected chi connectivity index (χ0v) is 12.6. The third kappa shape index (κ3) is 4.13. The first-order valence-electron chi connectivity index (χ1n) is 6.38. The summed E-state index contributed by atoms with van der Waals surface area (Å²) >= 11 is 5.82. The molecule has 0 aliphatic heterocycles. The molecule has 0 spiro atoms. The Morgan fingerprint density at radius 3 is 2.14 bits per heavy atom. The molecule has 0 aromatic heterocycles. The summed E-state index contributed by atoms with van der Waals surface area (Å²) in [6.45, 7) is 0.426. The van der Waals surface area contributed by atoms with E-state index < -0.39 is 0 Å². The Kier molecular flexibility index (Phi) is 5.06. The second-order valence-electron chi connectivity index (χ2n) is 4.41. The lowest BCUT2D eigenvalue weighted by Crippen LogP contribution is -2.22. The summed E-state index contributed by atoms with van der Waals surface area (Å²) in [5.74, 6) is 0.958.